The molecule has 28 heavy (non-hydrogen) atoms. The zero-order valence-corrected chi connectivity index (χ0v) is 17.4. The number of carbonyl (C=O) groups excluding carboxylic acids is 1. The van der Waals surface area contributed by atoms with Crippen LogP contribution in [0.1, 0.15) is 51.2 Å². The Bertz CT molecular complexity index is 852. The van der Waals surface area contributed by atoms with Crippen molar-refractivity contribution in [2.45, 2.75) is 69.6 Å². The number of aryl methyl sites for hydroxylation is 1. The van der Waals surface area contributed by atoms with Crippen molar-refractivity contribution >= 4 is 17.7 Å². The number of nitrogens with one attached hydrogen (secondary N) is 1. The second-order valence-electron chi connectivity index (χ2n) is 8.98. The Morgan fingerprint density at radius 3 is 2.50 bits per heavy atom. The molecule has 0 atom stereocenters. The summed E-state index contributed by atoms with van der Waals surface area (Å²) in [6.45, 7) is 4.75. The third-order valence-electron chi connectivity index (χ3n) is 6.91. The first kappa shape index (κ1) is 18.3. The van der Waals surface area contributed by atoms with E-state index in [0.29, 0.717) is 5.75 Å². The van der Waals surface area contributed by atoms with Gasteiger partial charge in [-0.2, -0.15) is 0 Å². The van der Waals surface area contributed by atoms with Crippen LogP contribution in [0.2, 0.25) is 0 Å². The van der Waals surface area contributed by atoms with Gasteiger partial charge in [-0.15, -0.1) is 10.2 Å². The van der Waals surface area contributed by atoms with Gasteiger partial charge in [-0.25, -0.2) is 0 Å². The summed E-state index contributed by atoms with van der Waals surface area (Å²) in [5, 5.41) is 12.9. The molecular formula is C21H28N4O2S. The molecule has 1 amide bonds. The highest BCUT2D eigenvalue weighted by molar-refractivity contribution is 7.99. The van der Waals surface area contributed by atoms with Crippen molar-refractivity contribution in [3.05, 3.63) is 18.1 Å². The van der Waals surface area contributed by atoms with Crippen LogP contribution in [0.3, 0.4) is 0 Å². The second kappa shape index (κ2) is 6.94. The molecule has 0 radical (unpaired) electrons. The fraction of sp³-hybridized carbons (Fsp3) is 0.667. The van der Waals surface area contributed by atoms with Gasteiger partial charge in [-0.05, 0) is 76.2 Å². The highest BCUT2D eigenvalue weighted by Gasteiger charge is 2.51. The minimum Gasteiger partial charge on any atom is -0.469 e. The minimum absolute atomic E-state index is 0.0733. The van der Waals surface area contributed by atoms with E-state index in [9.17, 15) is 4.79 Å². The van der Waals surface area contributed by atoms with Crippen molar-refractivity contribution in [2.75, 3.05) is 5.75 Å². The second-order valence-corrected chi connectivity index (χ2v) is 9.92. The third kappa shape index (κ3) is 3.17. The first-order chi connectivity index (χ1) is 13.5. The number of hydrogen-bond donors (Lipinski definition) is 1. The average molecular weight is 401 g/mol. The number of hydrogen-bond acceptors (Lipinski definition) is 5. The van der Waals surface area contributed by atoms with Gasteiger partial charge in [0, 0.05) is 12.1 Å². The van der Waals surface area contributed by atoms with Crippen LogP contribution in [-0.2, 0) is 11.3 Å². The molecule has 7 heteroatoms. The van der Waals surface area contributed by atoms with Crippen LogP contribution in [0.25, 0.3) is 11.4 Å². The molecule has 6 nitrogen and oxygen atoms in total. The minimum atomic E-state index is 0.0733. The first-order valence-corrected chi connectivity index (χ1v) is 11.5. The molecule has 0 saturated heterocycles. The molecule has 4 fully saturated rings. The van der Waals surface area contributed by atoms with Crippen molar-refractivity contribution < 1.29 is 9.21 Å². The van der Waals surface area contributed by atoms with Crippen molar-refractivity contribution in [3.63, 3.8) is 0 Å². The van der Waals surface area contributed by atoms with E-state index in [0.717, 1.165) is 46.6 Å². The van der Waals surface area contributed by atoms with E-state index < -0.39 is 0 Å². The smallest absolute Gasteiger partial charge is 0.230 e. The number of rotatable bonds is 6. The van der Waals surface area contributed by atoms with Crippen molar-refractivity contribution in [2.24, 2.45) is 17.8 Å². The standard InChI is InChI=1S/C21H28N4O2S/c1-3-25-19(17-4-5-27-13(17)2)23-24-20(25)28-12-18(26)22-21-9-14-6-15(10-21)8-16(7-14)11-21/h4-5,14-16H,3,6-12H2,1-2H3,(H,22,26). The van der Waals surface area contributed by atoms with Crippen molar-refractivity contribution in [1.29, 1.82) is 0 Å². The molecule has 0 aromatic carbocycles. The molecular weight excluding hydrogens is 372 g/mol. The fourth-order valence-electron chi connectivity index (χ4n) is 6.22. The maximum atomic E-state index is 12.8. The van der Waals surface area contributed by atoms with Gasteiger partial charge >= 0.3 is 0 Å². The van der Waals surface area contributed by atoms with Gasteiger partial charge in [0.2, 0.25) is 5.91 Å². The highest BCUT2D eigenvalue weighted by atomic mass is 32.2. The van der Waals surface area contributed by atoms with Crippen LogP contribution < -0.4 is 5.32 Å². The van der Waals surface area contributed by atoms with E-state index in [1.807, 2.05) is 13.0 Å². The van der Waals surface area contributed by atoms with Crippen LogP contribution in [0.4, 0.5) is 0 Å². The van der Waals surface area contributed by atoms with Crippen LogP contribution in [0.15, 0.2) is 21.9 Å². The number of amides is 1. The lowest BCUT2D eigenvalue weighted by Crippen LogP contribution is -2.60. The van der Waals surface area contributed by atoms with Crippen LogP contribution >= 0.6 is 11.8 Å². The Kier molecular flexibility index (Phi) is 4.53. The van der Waals surface area contributed by atoms with E-state index in [4.69, 9.17) is 4.42 Å². The summed E-state index contributed by atoms with van der Waals surface area (Å²) < 4.78 is 7.46. The normalized spacial score (nSPS) is 30.7. The van der Waals surface area contributed by atoms with E-state index in [2.05, 4.69) is 27.0 Å². The van der Waals surface area contributed by atoms with Gasteiger partial charge in [-0.3, -0.25) is 4.79 Å². The summed E-state index contributed by atoms with van der Waals surface area (Å²) >= 11 is 1.48. The molecule has 1 N–H and O–H groups in total. The summed E-state index contributed by atoms with van der Waals surface area (Å²) in [6.07, 6.45) is 9.39. The largest absolute Gasteiger partial charge is 0.469 e. The van der Waals surface area contributed by atoms with E-state index in [1.54, 1.807) is 6.26 Å². The SMILES string of the molecule is CCn1c(SCC(=O)NC23CC4CC(CC(C4)C2)C3)nnc1-c1ccoc1C. The summed E-state index contributed by atoms with van der Waals surface area (Å²) in [5.74, 6) is 4.67. The molecule has 150 valence electrons. The maximum absolute atomic E-state index is 12.8. The quantitative estimate of drug-likeness (QED) is 0.741. The maximum Gasteiger partial charge on any atom is 0.230 e. The molecule has 0 unspecified atom stereocenters. The van der Waals surface area contributed by atoms with Gasteiger partial charge in [-0.1, -0.05) is 11.8 Å². The van der Waals surface area contributed by atoms with Gasteiger partial charge in [0.1, 0.15) is 5.76 Å². The summed E-state index contributed by atoms with van der Waals surface area (Å²) in [7, 11) is 0. The highest BCUT2D eigenvalue weighted by Crippen LogP contribution is 2.55. The summed E-state index contributed by atoms with van der Waals surface area (Å²) in [6, 6.07) is 1.92. The summed E-state index contributed by atoms with van der Waals surface area (Å²) in [4.78, 5) is 12.8. The van der Waals surface area contributed by atoms with Gasteiger partial charge in [0.15, 0.2) is 11.0 Å². The topological polar surface area (TPSA) is 73.0 Å². The van der Waals surface area contributed by atoms with Crippen LogP contribution in [0, 0.1) is 24.7 Å². The van der Waals surface area contributed by atoms with Gasteiger partial charge in [0.05, 0.1) is 17.6 Å². The van der Waals surface area contributed by atoms with Crippen molar-refractivity contribution in [1.82, 2.24) is 20.1 Å². The van der Waals surface area contributed by atoms with Crippen molar-refractivity contribution in [3.8, 4) is 11.4 Å². The fourth-order valence-corrected chi connectivity index (χ4v) is 7.02. The van der Waals surface area contributed by atoms with E-state index >= 15 is 0 Å². The molecule has 2 aromatic heterocycles. The zero-order valence-electron chi connectivity index (χ0n) is 16.6. The van der Waals surface area contributed by atoms with E-state index in [1.165, 1.54) is 50.3 Å². The number of furan rings is 1. The monoisotopic (exact) mass is 400 g/mol. The Morgan fingerprint density at radius 1 is 1.25 bits per heavy atom. The Hall–Kier alpha value is -1.76. The Morgan fingerprint density at radius 2 is 1.93 bits per heavy atom. The lowest BCUT2D eigenvalue weighted by atomic mass is 9.53. The zero-order chi connectivity index (χ0) is 19.3. The average Bonchev–Trinajstić information content (AvgIpc) is 3.23. The molecule has 4 saturated carbocycles. The molecule has 2 aromatic rings. The Labute approximate surface area is 169 Å². The van der Waals surface area contributed by atoms with Gasteiger partial charge < -0.3 is 14.3 Å². The van der Waals surface area contributed by atoms with Crippen LogP contribution in [0.5, 0.6) is 0 Å². The molecule has 4 bridgehead atoms. The lowest BCUT2D eigenvalue weighted by molar-refractivity contribution is -0.124. The van der Waals surface area contributed by atoms with E-state index in [-0.39, 0.29) is 11.4 Å². The molecule has 4 aliphatic carbocycles. The van der Waals surface area contributed by atoms with Crippen LogP contribution in [-0.4, -0.2) is 32.0 Å². The number of nitrogens with zero attached hydrogens (tertiary/aromatic N) is 3. The first-order valence-electron chi connectivity index (χ1n) is 10.5. The number of carbonyl (C=O) groups is 1. The molecule has 2 heterocycles. The number of aromatic nitrogens is 3. The Balaban J connectivity index is 1.25. The molecule has 0 aliphatic heterocycles. The third-order valence-corrected chi connectivity index (χ3v) is 7.87. The molecule has 4 aliphatic rings. The predicted molar refractivity (Wildman–Crippen MR) is 108 cm³/mol. The lowest BCUT2D eigenvalue weighted by Gasteiger charge is -2.56. The predicted octanol–water partition coefficient (Wildman–Crippen LogP) is 4.04. The molecule has 0 spiro atoms. The summed E-state index contributed by atoms with van der Waals surface area (Å²) in [5.41, 5.74) is 1.03. The van der Waals surface area contributed by atoms with Gasteiger partial charge in [0.25, 0.3) is 0 Å². The number of thioether (sulfide) groups is 1. The molecule has 6 rings (SSSR count).